The highest BCUT2D eigenvalue weighted by Crippen LogP contribution is 2.17. The lowest BCUT2D eigenvalue weighted by atomic mass is 10.0. The quantitative estimate of drug-likeness (QED) is 0.749. The molecule has 2 aromatic rings. The summed E-state index contributed by atoms with van der Waals surface area (Å²) in [5.74, 6) is 0.0899. The molecule has 0 saturated carbocycles. The third-order valence-electron chi connectivity index (χ3n) is 4.61. The molecule has 2 aromatic carbocycles. The van der Waals surface area contributed by atoms with E-state index in [1.54, 1.807) is 0 Å². The number of carbonyl (C=O) groups is 1. The molecule has 1 unspecified atom stereocenters. The number of nitrogens with one attached hydrogen (secondary N) is 1. The van der Waals surface area contributed by atoms with Crippen LogP contribution >= 0.6 is 15.9 Å². The number of hydrogen-bond donors (Lipinski definition) is 1. The maximum atomic E-state index is 12.6. The Labute approximate surface area is 163 Å². The Kier molecular flexibility index (Phi) is 7.23. The summed E-state index contributed by atoms with van der Waals surface area (Å²) in [4.78, 5) is 14.9. The molecular formula is C21H25BrN2O2. The van der Waals surface area contributed by atoms with Gasteiger partial charge < -0.3 is 10.1 Å². The molecule has 5 heteroatoms. The van der Waals surface area contributed by atoms with Crippen molar-refractivity contribution in [2.75, 3.05) is 32.8 Å². The monoisotopic (exact) mass is 416 g/mol. The standard InChI is InChI=1S/C21H25BrN2O2/c22-19-8-4-5-17(15-19)9-10-21(25)23-20(18-6-2-1-3-7-18)16-24-11-13-26-14-12-24/h1-8,15,20H,9-14,16H2,(H,23,25). The molecule has 138 valence electrons. The molecule has 1 amide bonds. The normalized spacial score (nSPS) is 16.2. The van der Waals surface area contributed by atoms with Crippen LogP contribution in [0.5, 0.6) is 0 Å². The minimum Gasteiger partial charge on any atom is -0.379 e. The summed E-state index contributed by atoms with van der Waals surface area (Å²) in [5.41, 5.74) is 2.31. The zero-order chi connectivity index (χ0) is 18.2. The summed E-state index contributed by atoms with van der Waals surface area (Å²) in [7, 11) is 0. The number of amides is 1. The van der Waals surface area contributed by atoms with E-state index in [9.17, 15) is 4.79 Å². The average Bonchev–Trinajstić information content (AvgIpc) is 2.67. The maximum absolute atomic E-state index is 12.6. The molecule has 3 rings (SSSR count). The molecule has 4 nitrogen and oxygen atoms in total. The van der Waals surface area contributed by atoms with E-state index in [4.69, 9.17) is 4.74 Å². The molecule has 1 aliphatic rings. The van der Waals surface area contributed by atoms with Crippen molar-refractivity contribution < 1.29 is 9.53 Å². The molecule has 1 fully saturated rings. The van der Waals surface area contributed by atoms with Crippen LogP contribution in [0.15, 0.2) is 59.1 Å². The first-order valence-corrected chi connectivity index (χ1v) is 9.89. The molecule has 1 heterocycles. The fourth-order valence-corrected chi connectivity index (χ4v) is 3.63. The number of carbonyl (C=O) groups excluding carboxylic acids is 1. The summed E-state index contributed by atoms with van der Waals surface area (Å²) >= 11 is 3.48. The van der Waals surface area contributed by atoms with E-state index in [0.29, 0.717) is 6.42 Å². The minimum absolute atomic E-state index is 0.00399. The van der Waals surface area contributed by atoms with Gasteiger partial charge >= 0.3 is 0 Å². The van der Waals surface area contributed by atoms with Crippen LogP contribution in [0.1, 0.15) is 23.6 Å². The van der Waals surface area contributed by atoms with Crippen LogP contribution in [-0.2, 0) is 16.0 Å². The molecule has 1 saturated heterocycles. The molecule has 1 aliphatic heterocycles. The van der Waals surface area contributed by atoms with Crippen LogP contribution in [-0.4, -0.2) is 43.7 Å². The number of aryl methyl sites for hydroxylation is 1. The highest BCUT2D eigenvalue weighted by molar-refractivity contribution is 9.10. The number of benzene rings is 2. The van der Waals surface area contributed by atoms with Crippen LogP contribution in [0.4, 0.5) is 0 Å². The highest BCUT2D eigenvalue weighted by Gasteiger charge is 2.20. The van der Waals surface area contributed by atoms with E-state index in [1.807, 2.05) is 30.3 Å². The van der Waals surface area contributed by atoms with Gasteiger partial charge in [-0.2, -0.15) is 0 Å². The fourth-order valence-electron chi connectivity index (χ4n) is 3.18. The Bertz CT molecular complexity index is 702. The summed E-state index contributed by atoms with van der Waals surface area (Å²) in [6, 6.07) is 18.3. The lowest BCUT2D eigenvalue weighted by Crippen LogP contribution is -2.43. The van der Waals surface area contributed by atoms with Gasteiger partial charge in [-0.25, -0.2) is 0 Å². The molecule has 1 atom stereocenters. The third kappa shape index (κ3) is 5.94. The van der Waals surface area contributed by atoms with Gasteiger partial charge in [0.1, 0.15) is 0 Å². The number of hydrogen-bond acceptors (Lipinski definition) is 3. The Morgan fingerprint density at radius 1 is 1.12 bits per heavy atom. The Balaban J connectivity index is 1.59. The van der Waals surface area contributed by atoms with Crippen LogP contribution in [0.25, 0.3) is 0 Å². The van der Waals surface area contributed by atoms with E-state index >= 15 is 0 Å². The number of nitrogens with zero attached hydrogens (tertiary/aromatic N) is 1. The van der Waals surface area contributed by atoms with Crippen molar-refractivity contribution in [2.45, 2.75) is 18.9 Å². The van der Waals surface area contributed by atoms with Crippen molar-refractivity contribution in [1.29, 1.82) is 0 Å². The van der Waals surface area contributed by atoms with Crippen molar-refractivity contribution >= 4 is 21.8 Å². The third-order valence-corrected chi connectivity index (χ3v) is 5.10. The van der Waals surface area contributed by atoms with Crippen LogP contribution in [0, 0.1) is 0 Å². The Hall–Kier alpha value is -1.69. The van der Waals surface area contributed by atoms with E-state index in [1.165, 1.54) is 5.56 Å². The highest BCUT2D eigenvalue weighted by atomic mass is 79.9. The first-order valence-electron chi connectivity index (χ1n) is 9.09. The van der Waals surface area contributed by atoms with Crippen molar-refractivity contribution in [1.82, 2.24) is 10.2 Å². The van der Waals surface area contributed by atoms with Gasteiger partial charge in [0.15, 0.2) is 0 Å². The van der Waals surface area contributed by atoms with Gasteiger partial charge in [0.05, 0.1) is 19.3 Å². The lowest BCUT2D eigenvalue weighted by Gasteiger charge is -2.31. The van der Waals surface area contributed by atoms with E-state index in [2.05, 4.69) is 50.4 Å². The van der Waals surface area contributed by atoms with Crippen LogP contribution in [0.2, 0.25) is 0 Å². The molecule has 0 spiro atoms. The van der Waals surface area contributed by atoms with E-state index < -0.39 is 0 Å². The lowest BCUT2D eigenvalue weighted by molar-refractivity contribution is -0.122. The zero-order valence-corrected chi connectivity index (χ0v) is 16.5. The van der Waals surface area contributed by atoms with Gasteiger partial charge in [0.25, 0.3) is 0 Å². The van der Waals surface area contributed by atoms with Gasteiger partial charge in [-0.05, 0) is 29.7 Å². The number of rotatable bonds is 7. The van der Waals surface area contributed by atoms with Gasteiger partial charge in [0, 0.05) is 30.5 Å². The molecule has 0 aliphatic carbocycles. The second kappa shape index (κ2) is 9.86. The summed E-state index contributed by atoms with van der Waals surface area (Å²) < 4.78 is 6.48. The van der Waals surface area contributed by atoms with Crippen LogP contribution in [0.3, 0.4) is 0 Å². The zero-order valence-electron chi connectivity index (χ0n) is 14.9. The van der Waals surface area contributed by atoms with Crippen molar-refractivity contribution in [2.24, 2.45) is 0 Å². The maximum Gasteiger partial charge on any atom is 0.220 e. The first kappa shape index (κ1) is 19.1. The predicted octanol–water partition coefficient (Wildman–Crippen LogP) is 3.57. The number of ether oxygens (including phenoxy) is 1. The molecule has 0 bridgehead atoms. The molecule has 26 heavy (non-hydrogen) atoms. The topological polar surface area (TPSA) is 41.6 Å². The molecule has 0 radical (unpaired) electrons. The average molecular weight is 417 g/mol. The van der Waals surface area contributed by atoms with Gasteiger partial charge in [0.2, 0.25) is 5.91 Å². The van der Waals surface area contributed by atoms with Crippen molar-refractivity contribution in [3.8, 4) is 0 Å². The summed E-state index contributed by atoms with van der Waals surface area (Å²) in [5, 5.41) is 3.23. The van der Waals surface area contributed by atoms with E-state index in [0.717, 1.165) is 49.3 Å². The number of morpholine rings is 1. The Morgan fingerprint density at radius 2 is 1.88 bits per heavy atom. The smallest absolute Gasteiger partial charge is 0.220 e. The van der Waals surface area contributed by atoms with Gasteiger partial charge in [-0.3, -0.25) is 9.69 Å². The van der Waals surface area contributed by atoms with Crippen molar-refractivity contribution in [3.63, 3.8) is 0 Å². The predicted molar refractivity (Wildman–Crippen MR) is 107 cm³/mol. The second-order valence-corrected chi connectivity index (χ2v) is 7.49. The first-order chi connectivity index (χ1) is 12.7. The Morgan fingerprint density at radius 3 is 2.62 bits per heavy atom. The summed E-state index contributed by atoms with van der Waals surface area (Å²) in [6.45, 7) is 4.17. The minimum atomic E-state index is 0.00399. The largest absolute Gasteiger partial charge is 0.379 e. The summed E-state index contributed by atoms with van der Waals surface area (Å²) in [6.07, 6.45) is 1.23. The fraction of sp³-hybridized carbons (Fsp3) is 0.381. The number of halogens is 1. The molecule has 1 N–H and O–H groups in total. The second-order valence-electron chi connectivity index (χ2n) is 6.57. The SMILES string of the molecule is O=C(CCc1cccc(Br)c1)NC(CN1CCOCC1)c1ccccc1. The van der Waals surface area contributed by atoms with Gasteiger partial charge in [-0.15, -0.1) is 0 Å². The van der Waals surface area contributed by atoms with Gasteiger partial charge in [-0.1, -0.05) is 58.4 Å². The van der Waals surface area contributed by atoms with Crippen LogP contribution < -0.4 is 5.32 Å². The van der Waals surface area contributed by atoms with E-state index in [-0.39, 0.29) is 11.9 Å². The molecular weight excluding hydrogens is 392 g/mol. The van der Waals surface area contributed by atoms with Crippen molar-refractivity contribution in [3.05, 3.63) is 70.2 Å². The molecule has 0 aromatic heterocycles.